The standard InChI is InChI=1S/C33H34ClN3O3/c1-21-5-11-25(12-6-21)22(2)36-20-27-14-16-30(40-27)26-13-15-29(34)28(18-26)32(38)37-31(33(3,4)39)17-23-7-9-24(19-35)10-8-23/h5-16,18,22,31,36,39H,17,20H2,1-4H3,(H,37,38). The van der Waals surface area contributed by atoms with Gasteiger partial charge in [-0.2, -0.15) is 5.26 Å². The lowest BCUT2D eigenvalue weighted by Crippen LogP contribution is -2.50. The second-order valence-electron chi connectivity index (χ2n) is 10.7. The Morgan fingerprint density at radius 1 is 1.05 bits per heavy atom. The third-order valence-corrected chi connectivity index (χ3v) is 7.33. The third kappa shape index (κ3) is 7.40. The summed E-state index contributed by atoms with van der Waals surface area (Å²) in [6, 6.07) is 26.2. The lowest BCUT2D eigenvalue weighted by Gasteiger charge is -2.30. The molecule has 2 atom stereocenters. The molecule has 0 aliphatic rings. The molecule has 0 bridgehead atoms. The summed E-state index contributed by atoms with van der Waals surface area (Å²) < 4.78 is 6.08. The molecule has 0 spiro atoms. The van der Waals surface area contributed by atoms with Gasteiger partial charge < -0.3 is 20.2 Å². The van der Waals surface area contributed by atoms with E-state index in [0.717, 1.165) is 16.9 Å². The Morgan fingerprint density at radius 3 is 2.40 bits per heavy atom. The molecule has 1 amide bonds. The van der Waals surface area contributed by atoms with Gasteiger partial charge in [-0.3, -0.25) is 4.79 Å². The van der Waals surface area contributed by atoms with Gasteiger partial charge in [-0.05, 0) is 87.7 Å². The molecule has 40 heavy (non-hydrogen) atoms. The van der Waals surface area contributed by atoms with E-state index in [1.807, 2.05) is 30.3 Å². The number of furan rings is 1. The molecule has 3 N–H and O–H groups in total. The summed E-state index contributed by atoms with van der Waals surface area (Å²) >= 11 is 6.43. The zero-order valence-corrected chi connectivity index (χ0v) is 23.9. The Kier molecular flexibility index (Phi) is 9.11. The van der Waals surface area contributed by atoms with E-state index in [0.29, 0.717) is 29.3 Å². The molecule has 3 aromatic carbocycles. The van der Waals surface area contributed by atoms with Gasteiger partial charge >= 0.3 is 0 Å². The van der Waals surface area contributed by atoms with Crippen molar-refractivity contribution in [3.8, 4) is 17.4 Å². The Hall–Kier alpha value is -3.89. The van der Waals surface area contributed by atoms with E-state index in [4.69, 9.17) is 21.3 Å². The highest BCUT2D eigenvalue weighted by molar-refractivity contribution is 6.34. The molecule has 2 unspecified atom stereocenters. The number of benzene rings is 3. The summed E-state index contributed by atoms with van der Waals surface area (Å²) in [6.45, 7) is 8.04. The molecule has 0 aliphatic heterocycles. The highest BCUT2D eigenvalue weighted by Crippen LogP contribution is 2.28. The molecular weight excluding hydrogens is 522 g/mol. The number of hydrogen-bond donors (Lipinski definition) is 3. The molecular formula is C33H34ClN3O3. The molecule has 1 heterocycles. The van der Waals surface area contributed by atoms with Crippen molar-refractivity contribution in [2.75, 3.05) is 0 Å². The van der Waals surface area contributed by atoms with E-state index in [-0.39, 0.29) is 11.6 Å². The van der Waals surface area contributed by atoms with Crippen molar-refractivity contribution >= 4 is 17.5 Å². The van der Waals surface area contributed by atoms with Crippen LogP contribution in [0.25, 0.3) is 11.3 Å². The minimum absolute atomic E-state index is 0.160. The van der Waals surface area contributed by atoms with Crippen LogP contribution >= 0.6 is 11.6 Å². The topological polar surface area (TPSA) is 98.3 Å². The molecule has 4 aromatic rings. The first-order valence-corrected chi connectivity index (χ1v) is 13.6. The summed E-state index contributed by atoms with van der Waals surface area (Å²) in [5, 5.41) is 26.6. The summed E-state index contributed by atoms with van der Waals surface area (Å²) in [5.74, 6) is 1.01. The number of aryl methyl sites for hydroxylation is 1. The van der Waals surface area contributed by atoms with E-state index >= 15 is 0 Å². The Balaban J connectivity index is 1.46. The minimum Gasteiger partial charge on any atom is -0.460 e. The first kappa shape index (κ1) is 29.1. The predicted molar refractivity (Wildman–Crippen MR) is 158 cm³/mol. The normalized spacial score (nSPS) is 12.9. The van der Waals surface area contributed by atoms with Crippen LogP contribution in [0.2, 0.25) is 5.02 Å². The molecule has 6 nitrogen and oxygen atoms in total. The van der Waals surface area contributed by atoms with E-state index in [1.54, 1.807) is 38.1 Å². The van der Waals surface area contributed by atoms with Crippen LogP contribution in [-0.2, 0) is 13.0 Å². The molecule has 7 heteroatoms. The molecule has 4 rings (SSSR count). The molecule has 206 valence electrons. The summed E-state index contributed by atoms with van der Waals surface area (Å²) in [5.41, 5.74) is 3.68. The second-order valence-corrected chi connectivity index (χ2v) is 11.1. The number of carbonyl (C=O) groups is 1. The zero-order valence-electron chi connectivity index (χ0n) is 23.2. The van der Waals surface area contributed by atoms with Gasteiger partial charge in [0.25, 0.3) is 5.91 Å². The van der Waals surface area contributed by atoms with Gasteiger partial charge in [0, 0.05) is 11.6 Å². The highest BCUT2D eigenvalue weighted by Gasteiger charge is 2.29. The molecule has 1 aromatic heterocycles. The lowest BCUT2D eigenvalue weighted by molar-refractivity contribution is 0.0350. The predicted octanol–water partition coefficient (Wildman–Crippen LogP) is 6.74. The first-order valence-electron chi connectivity index (χ1n) is 13.2. The van der Waals surface area contributed by atoms with E-state index in [1.165, 1.54) is 11.1 Å². The van der Waals surface area contributed by atoms with Crippen LogP contribution in [0.5, 0.6) is 0 Å². The molecule has 0 fully saturated rings. The number of nitrogens with zero attached hydrogens (tertiary/aromatic N) is 1. The average Bonchev–Trinajstić information content (AvgIpc) is 3.41. The summed E-state index contributed by atoms with van der Waals surface area (Å²) in [6.07, 6.45) is 0.383. The molecule has 0 radical (unpaired) electrons. The van der Waals surface area contributed by atoms with E-state index in [2.05, 4.69) is 54.8 Å². The van der Waals surface area contributed by atoms with Crippen molar-refractivity contribution in [1.29, 1.82) is 5.26 Å². The number of halogens is 1. The van der Waals surface area contributed by atoms with Crippen molar-refractivity contribution in [1.82, 2.24) is 10.6 Å². The number of rotatable bonds is 10. The van der Waals surface area contributed by atoms with Crippen LogP contribution in [-0.4, -0.2) is 22.7 Å². The fourth-order valence-corrected chi connectivity index (χ4v) is 4.58. The Morgan fingerprint density at radius 2 is 1.75 bits per heavy atom. The van der Waals surface area contributed by atoms with Crippen LogP contribution in [0.3, 0.4) is 0 Å². The smallest absolute Gasteiger partial charge is 0.253 e. The summed E-state index contributed by atoms with van der Waals surface area (Å²) in [7, 11) is 0. The number of carbonyl (C=O) groups excluding carboxylic acids is 1. The monoisotopic (exact) mass is 555 g/mol. The van der Waals surface area contributed by atoms with E-state index < -0.39 is 17.6 Å². The van der Waals surface area contributed by atoms with Crippen LogP contribution in [0.1, 0.15) is 65.2 Å². The molecule has 0 saturated heterocycles. The van der Waals surface area contributed by atoms with Crippen LogP contribution in [0.4, 0.5) is 0 Å². The van der Waals surface area contributed by atoms with E-state index in [9.17, 15) is 9.90 Å². The number of aliphatic hydroxyl groups is 1. The van der Waals surface area contributed by atoms with Gasteiger partial charge in [0.2, 0.25) is 0 Å². The van der Waals surface area contributed by atoms with Crippen molar-refractivity contribution < 1.29 is 14.3 Å². The maximum atomic E-state index is 13.3. The number of amides is 1. The van der Waals surface area contributed by atoms with Gasteiger partial charge in [0.15, 0.2) is 0 Å². The quantitative estimate of drug-likeness (QED) is 0.201. The maximum Gasteiger partial charge on any atom is 0.253 e. The number of nitrogens with one attached hydrogen (secondary N) is 2. The average molecular weight is 556 g/mol. The van der Waals surface area contributed by atoms with Gasteiger partial charge in [0.1, 0.15) is 11.5 Å². The fraction of sp³-hybridized carbons (Fsp3) is 0.273. The Labute approximate surface area is 240 Å². The number of nitriles is 1. The highest BCUT2D eigenvalue weighted by atomic mass is 35.5. The first-order chi connectivity index (χ1) is 19.0. The minimum atomic E-state index is -1.20. The van der Waals surface area contributed by atoms with Gasteiger partial charge in [-0.1, -0.05) is 53.6 Å². The van der Waals surface area contributed by atoms with Crippen LogP contribution in [0, 0.1) is 18.3 Å². The van der Waals surface area contributed by atoms with Crippen molar-refractivity contribution in [2.45, 2.75) is 58.3 Å². The van der Waals surface area contributed by atoms with Crippen molar-refractivity contribution in [3.05, 3.63) is 117 Å². The SMILES string of the molecule is Cc1ccc(C(C)NCc2ccc(-c3ccc(Cl)c(C(=O)NC(Cc4ccc(C#N)cc4)C(C)(C)O)c3)o2)cc1. The third-order valence-electron chi connectivity index (χ3n) is 7.00. The Bertz CT molecular complexity index is 1500. The molecule has 0 saturated carbocycles. The van der Waals surface area contributed by atoms with Gasteiger partial charge in [-0.25, -0.2) is 0 Å². The molecule has 0 aliphatic carbocycles. The zero-order chi connectivity index (χ0) is 28.9. The fourth-order valence-electron chi connectivity index (χ4n) is 4.37. The van der Waals surface area contributed by atoms with Gasteiger partial charge in [0.05, 0.1) is 40.4 Å². The maximum absolute atomic E-state index is 13.3. The summed E-state index contributed by atoms with van der Waals surface area (Å²) in [4.78, 5) is 13.3. The van der Waals surface area contributed by atoms with Crippen LogP contribution in [0.15, 0.2) is 83.3 Å². The lowest BCUT2D eigenvalue weighted by atomic mass is 9.91. The second kappa shape index (κ2) is 12.5. The van der Waals surface area contributed by atoms with Crippen molar-refractivity contribution in [2.24, 2.45) is 0 Å². The van der Waals surface area contributed by atoms with Crippen LogP contribution < -0.4 is 10.6 Å². The van der Waals surface area contributed by atoms with Crippen molar-refractivity contribution in [3.63, 3.8) is 0 Å². The largest absolute Gasteiger partial charge is 0.460 e. The van der Waals surface area contributed by atoms with Gasteiger partial charge in [-0.15, -0.1) is 0 Å². The number of hydrogen-bond acceptors (Lipinski definition) is 5.